The second-order valence-electron chi connectivity index (χ2n) is 3.84. The molecule has 0 saturated carbocycles. The summed E-state index contributed by atoms with van der Waals surface area (Å²) in [6, 6.07) is 1.75. The molecule has 1 amide bonds. The molecule has 1 N–H and O–H groups in total. The van der Waals surface area contributed by atoms with E-state index in [1.54, 1.807) is 7.05 Å². The van der Waals surface area contributed by atoms with Gasteiger partial charge in [-0.3, -0.25) is 4.79 Å². The van der Waals surface area contributed by atoms with Gasteiger partial charge in [0.25, 0.3) is 0 Å². The monoisotopic (exact) mass is 304 g/mol. The van der Waals surface area contributed by atoms with Crippen molar-refractivity contribution in [2.24, 2.45) is 0 Å². The Morgan fingerprint density at radius 1 is 1.41 bits per heavy atom. The highest BCUT2D eigenvalue weighted by Crippen LogP contribution is 2.29. The lowest BCUT2D eigenvalue weighted by Crippen LogP contribution is -2.36. The summed E-state index contributed by atoms with van der Waals surface area (Å²) in [5.41, 5.74) is -0.00606. The van der Waals surface area contributed by atoms with Gasteiger partial charge in [0, 0.05) is 12.6 Å². The number of anilines is 1. The molecule has 3 nitrogen and oxygen atoms in total. The quantitative estimate of drug-likeness (QED) is 0.848. The van der Waals surface area contributed by atoms with E-state index in [1.807, 2.05) is 0 Å². The summed E-state index contributed by atoms with van der Waals surface area (Å²) in [5.74, 6) is -1.42. The summed E-state index contributed by atoms with van der Waals surface area (Å²) in [6.45, 7) is 0.391. The third-order valence-electron chi connectivity index (χ3n) is 2.83. The van der Waals surface area contributed by atoms with Crippen LogP contribution in [0.3, 0.4) is 0 Å². The minimum absolute atomic E-state index is 0.00606. The lowest BCUT2D eigenvalue weighted by molar-refractivity contribution is -0.118. The Labute approximate surface area is 106 Å². The van der Waals surface area contributed by atoms with Gasteiger partial charge in [0.05, 0.1) is 16.2 Å². The van der Waals surface area contributed by atoms with Crippen molar-refractivity contribution in [2.75, 3.05) is 18.5 Å². The maximum absolute atomic E-state index is 13.7. The van der Waals surface area contributed by atoms with E-state index in [2.05, 4.69) is 21.2 Å². The van der Waals surface area contributed by atoms with Crippen LogP contribution in [0.15, 0.2) is 16.6 Å². The molecule has 1 unspecified atom stereocenters. The minimum atomic E-state index is -0.608. The van der Waals surface area contributed by atoms with E-state index < -0.39 is 11.6 Å². The van der Waals surface area contributed by atoms with Crippen LogP contribution >= 0.6 is 15.9 Å². The molecular weight excluding hydrogens is 294 g/mol. The summed E-state index contributed by atoms with van der Waals surface area (Å²) in [4.78, 5) is 13.1. The zero-order valence-electron chi connectivity index (χ0n) is 9.14. The number of hydrogen-bond donors (Lipinski definition) is 1. The van der Waals surface area contributed by atoms with Crippen molar-refractivity contribution < 1.29 is 13.6 Å². The van der Waals surface area contributed by atoms with Gasteiger partial charge < -0.3 is 10.2 Å². The van der Waals surface area contributed by atoms with Crippen molar-refractivity contribution in [1.29, 1.82) is 0 Å². The fourth-order valence-electron chi connectivity index (χ4n) is 1.91. The molecule has 1 heterocycles. The van der Waals surface area contributed by atoms with Gasteiger partial charge in [-0.05, 0) is 35.5 Å². The van der Waals surface area contributed by atoms with Gasteiger partial charge in [0.1, 0.15) is 11.6 Å². The van der Waals surface area contributed by atoms with E-state index in [1.165, 1.54) is 4.90 Å². The predicted octanol–water partition coefficient (Wildman–Crippen LogP) is 2.05. The van der Waals surface area contributed by atoms with Crippen LogP contribution in [-0.2, 0) is 4.79 Å². The third-order valence-corrected chi connectivity index (χ3v) is 3.44. The SMILES string of the molecule is CNC1CCN(c2cc(F)c(Br)cc2F)C1=O. The first-order valence-corrected chi connectivity index (χ1v) is 5.97. The summed E-state index contributed by atoms with van der Waals surface area (Å²) in [7, 11) is 1.67. The molecule has 1 aromatic carbocycles. The highest BCUT2D eigenvalue weighted by atomic mass is 79.9. The van der Waals surface area contributed by atoms with Crippen LogP contribution in [-0.4, -0.2) is 25.5 Å². The maximum atomic E-state index is 13.7. The third kappa shape index (κ3) is 2.19. The van der Waals surface area contributed by atoms with Crippen LogP contribution in [0.25, 0.3) is 0 Å². The lowest BCUT2D eigenvalue weighted by atomic mass is 10.2. The van der Waals surface area contributed by atoms with Crippen LogP contribution in [0.5, 0.6) is 0 Å². The van der Waals surface area contributed by atoms with Gasteiger partial charge in [-0.2, -0.15) is 0 Å². The van der Waals surface area contributed by atoms with E-state index >= 15 is 0 Å². The van der Waals surface area contributed by atoms with Gasteiger partial charge in [-0.25, -0.2) is 8.78 Å². The standard InChI is InChI=1S/C11H11BrF2N2O/c1-15-9-2-3-16(11(9)17)10-5-7(13)6(12)4-8(10)14/h4-5,9,15H,2-3H2,1H3. The zero-order valence-corrected chi connectivity index (χ0v) is 10.7. The van der Waals surface area contributed by atoms with E-state index in [0.717, 1.165) is 12.1 Å². The molecule has 1 aliphatic heterocycles. The largest absolute Gasteiger partial charge is 0.309 e. The first kappa shape index (κ1) is 12.4. The Balaban J connectivity index is 2.36. The van der Waals surface area contributed by atoms with E-state index in [4.69, 9.17) is 0 Å². The van der Waals surface area contributed by atoms with E-state index in [0.29, 0.717) is 13.0 Å². The number of benzene rings is 1. The van der Waals surface area contributed by atoms with Crippen molar-refractivity contribution in [1.82, 2.24) is 5.32 Å². The summed E-state index contributed by atoms with van der Waals surface area (Å²) >= 11 is 2.90. The minimum Gasteiger partial charge on any atom is -0.309 e. The Hall–Kier alpha value is -1.01. The number of nitrogens with one attached hydrogen (secondary N) is 1. The van der Waals surface area contributed by atoms with Crippen molar-refractivity contribution in [2.45, 2.75) is 12.5 Å². The predicted molar refractivity (Wildman–Crippen MR) is 63.9 cm³/mol. The number of amides is 1. The zero-order chi connectivity index (χ0) is 12.6. The topological polar surface area (TPSA) is 32.3 Å². The molecule has 0 aliphatic carbocycles. The van der Waals surface area contributed by atoms with Crippen molar-refractivity contribution >= 4 is 27.5 Å². The number of rotatable bonds is 2. The average molecular weight is 305 g/mol. The second-order valence-corrected chi connectivity index (χ2v) is 4.69. The van der Waals surface area contributed by atoms with Gasteiger partial charge in [-0.1, -0.05) is 0 Å². The lowest BCUT2D eigenvalue weighted by Gasteiger charge is -2.17. The number of halogens is 3. The molecule has 0 spiro atoms. The molecule has 0 radical (unpaired) electrons. The number of carbonyl (C=O) groups excluding carboxylic acids is 1. The highest BCUT2D eigenvalue weighted by Gasteiger charge is 2.33. The van der Waals surface area contributed by atoms with Crippen LogP contribution in [0.1, 0.15) is 6.42 Å². The number of carbonyl (C=O) groups is 1. The molecule has 1 atom stereocenters. The van der Waals surface area contributed by atoms with Gasteiger partial charge in [0.15, 0.2) is 0 Å². The van der Waals surface area contributed by atoms with Crippen LogP contribution in [0.4, 0.5) is 14.5 Å². The van der Waals surface area contributed by atoms with E-state index in [9.17, 15) is 13.6 Å². The van der Waals surface area contributed by atoms with Gasteiger partial charge >= 0.3 is 0 Å². The summed E-state index contributed by atoms with van der Waals surface area (Å²) < 4.78 is 27.1. The van der Waals surface area contributed by atoms with Crippen LogP contribution in [0, 0.1) is 11.6 Å². The van der Waals surface area contributed by atoms with Crippen molar-refractivity contribution in [3.05, 3.63) is 28.2 Å². The Morgan fingerprint density at radius 2 is 2.12 bits per heavy atom. The maximum Gasteiger partial charge on any atom is 0.244 e. The average Bonchev–Trinajstić information content (AvgIpc) is 2.65. The van der Waals surface area contributed by atoms with Gasteiger partial charge in [0.2, 0.25) is 5.91 Å². The van der Waals surface area contributed by atoms with Crippen molar-refractivity contribution in [3.63, 3.8) is 0 Å². The molecule has 0 aromatic heterocycles. The summed E-state index contributed by atoms with van der Waals surface area (Å²) in [5, 5.41) is 2.84. The molecule has 1 fully saturated rings. The molecule has 1 aliphatic rings. The second kappa shape index (κ2) is 4.70. The first-order valence-electron chi connectivity index (χ1n) is 5.17. The molecule has 1 saturated heterocycles. The number of nitrogens with zero attached hydrogens (tertiary/aromatic N) is 1. The Kier molecular flexibility index (Phi) is 3.44. The smallest absolute Gasteiger partial charge is 0.244 e. The normalized spacial score (nSPS) is 20.1. The van der Waals surface area contributed by atoms with Crippen LogP contribution < -0.4 is 10.2 Å². The Bertz CT molecular complexity index is 467. The Morgan fingerprint density at radius 3 is 2.71 bits per heavy atom. The molecule has 1 aromatic rings. The highest BCUT2D eigenvalue weighted by molar-refractivity contribution is 9.10. The van der Waals surface area contributed by atoms with Gasteiger partial charge in [-0.15, -0.1) is 0 Å². The van der Waals surface area contributed by atoms with E-state index in [-0.39, 0.29) is 22.1 Å². The molecule has 0 bridgehead atoms. The molecule has 2 rings (SSSR count). The molecular formula is C11H11BrF2N2O. The van der Waals surface area contributed by atoms with Crippen LogP contribution in [0.2, 0.25) is 0 Å². The molecule has 17 heavy (non-hydrogen) atoms. The molecule has 92 valence electrons. The first-order chi connectivity index (χ1) is 8.04. The fourth-order valence-corrected chi connectivity index (χ4v) is 2.22. The van der Waals surface area contributed by atoms with Crippen molar-refractivity contribution in [3.8, 4) is 0 Å². The summed E-state index contributed by atoms with van der Waals surface area (Å²) in [6.07, 6.45) is 0.590. The number of hydrogen-bond acceptors (Lipinski definition) is 2. The molecule has 6 heteroatoms. The fraction of sp³-hybridized carbons (Fsp3) is 0.364. The number of likely N-dealkylation sites (N-methyl/N-ethyl adjacent to an activating group) is 1.